The van der Waals surface area contributed by atoms with Crippen LogP contribution in [-0.2, 0) is 14.2 Å². The molecule has 0 spiro atoms. The van der Waals surface area contributed by atoms with Crippen LogP contribution in [0.4, 0.5) is 0 Å². The van der Waals surface area contributed by atoms with E-state index in [1.807, 2.05) is 7.05 Å². The molecule has 2 aliphatic heterocycles. The highest BCUT2D eigenvalue weighted by atomic mass is 16.6. The lowest BCUT2D eigenvalue weighted by Gasteiger charge is -2.38. The van der Waals surface area contributed by atoms with Gasteiger partial charge in [0.05, 0.1) is 12.6 Å². The molecule has 2 aliphatic rings. The molecular weight excluding hydrogens is 221 g/mol. The number of hydrogen-bond acceptors (Lipinski definition) is 6. The van der Waals surface area contributed by atoms with Gasteiger partial charge in [-0.05, 0) is 7.05 Å². The van der Waals surface area contributed by atoms with E-state index in [-0.39, 0.29) is 18.4 Å². The monoisotopic (exact) mass is 241 g/mol. The Morgan fingerprint density at radius 2 is 2.35 bits per heavy atom. The number of nitrogens with two attached hydrogens (primary N) is 1. The summed E-state index contributed by atoms with van der Waals surface area (Å²) in [6, 6.07) is -0.444. The van der Waals surface area contributed by atoms with Crippen LogP contribution in [0.3, 0.4) is 0 Å². The van der Waals surface area contributed by atoms with E-state index < -0.39 is 11.6 Å². The maximum absolute atomic E-state index is 6.01. The van der Waals surface area contributed by atoms with E-state index in [2.05, 4.69) is 10.2 Å². The number of ether oxygens (including phenoxy) is 3. The highest BCUT2D eigenvalue weighted by Crippen LogP contribution is 2.42. The minimum atomic E-state index is -0.512. The number of rotatable bonds is 5. The molecule has 3 N–H and O–H groups in total. The third-order valence-corrected chi connectivity index (χ3v) is 3.66. The lowest BCUT2D eigenvalue weighted by molar-refractivity contribution is -0.124. The molecule has 6 nitrogen and oxygen atoms in total. The third-order valence-electron chi connectivity index (χ3n) is 3.66. The van der Waals surface area contributed by atoms with Gasteiger partial charge in [-0.15, -0.1) is 0 Å². The molecule has 3 unspecified atom stereocenters. The Kier molecular flexibility index (Phi) is 3.77. The van der Waals surface area contributed by atoms with Crippen LogP contribution < -0.4 is 11.1 Å². The zero-order valence-corrected chi connectivity index (χ0v) is 10.6. The fraction of sp³-hybridized carbons (Fsp3) is 1.00. The minimum absolute atomic E-state index is 0.0439. The topological polar surface area (TPSA) is 69.0 Å². The summed E-state index contributed by atoms with van der Waals surface area (Å²) in [5, 5.41) is 3.01. The molecule has 0 aromatic carbocycles. The van der Waals surface area contributed by atoms with Gasteiger partial charge in [0.15, 0.2) is 0 Å². The van der Waals surface area contributed by atoms with Crippen molar-refractivity contribution in [3.63, 3.8) is 0 Å². The predicted molar refractivity (Wildman–Crippen MR) is 63.6 cm³/mol. The van der Waals surface area contributed by atoms with Crippen molar-refractivity contribution in [1.29, 1.82) is 0 Å². The van der Waals surface area contributed by atoms with Crippen LogP contribution in [0.2, 0.25) is 0 Å². The van der Waals surface area contributed by atoms with E-state index in [0.29, 0.717) is 13.2 Å². The van der Waals surface area contributed by atoms with E-state index in [4.69, 9.17) is 27.8 Å². The number of methoxy groups -OCH3 is 2. The first-order chi connectivity index (χ1) is 8.09. The molecule has 0 aromatic rings. The van der Waals surface area contributed by atoms with Crippen molar-refractivity contribution in [3.8, 4) is 0 Å². The van der Waals surface area contributed by atoms with Crippen molar-refractivity contribution < 1.29 is 14.2 Å². The first-order valence-electron chi connectivity index (χ1n) is 5.73. The fourth-order valence-electron chi connectivity index (χ4n) is 3.01. The van der Waals surface area contributed by atoms with E-state index in [1.165, 1.54) is 0 Å². The number of nitrogens with one attached hydrogen (secondary N) is 1. The van der Waals surface area contributed by atoms with Crippen LogP contribution in [0.5, 0.6) is 0 Å². The summed E-state index contributed by atoms with van der Waals surface area (Å²) in [5.74, 6) is 0. The minimum Gasteiger partial charge on any atom is -0.382 e. The summed E-state index contributed by atoms with van der Waals surface area (Å²) in [6.07, 6.45) is -0.372. The van der Waals surface area contributed by atoms with E-state index in [1.54, 1.807) is 14.2 Å². The molecule has 2 radical (unpaired) electrons. The summed E-state index contributed by atoms with van der Waals surface area (Å²) in [5.41, 5.74) is 5.49. The summed E-state index contributed by atoms with van der Waals surface area (Å²) in [7, 11) is 11.1. The van der Waals surface area contributed by atoms with Crippen LogP contribution in [0.25, 0.3) is 0 Å². The van der Waals surface area contributed by atoms with Gasteiger partial charge >= 0.3 is 0 Å². The number of fused-ring (bicyclic) bond motifs is 2. The lowest BCUT2D eigenvalue weighted by atomic mass is 9.90. The van der Waals surface area contributed by atoms with Gasteiger partial charge in [0.1, 0.15) is 25.8 Å². The predicted octanol–water partition coefficient (Wildman–Crippen LogP) is -1.94. The second-order valence-corrected chi connectivity index (χ2v) is 4.63. The number of likely N-dealkylation sites (tertiary alicyclic amines) is 1. The largest absolute Gasteiger partial charge is 0.382 e. The van der Waals surface area contributed by atoms with Crippen molar-refractivity contribution >= 4 is 7.85 Å². The highest BCUT2D eigenvalue weighted by Gasteiger charge is 2.63. The van der Waals surface area contributed by atoms with Gasteiger partial charge in [0.25, 0.3) is 0 Å². The van der Waals surface area contributed by atoms with E-state index >= 15 is 0 Å². The Morgan fingerprint density at radius 3 is 2.88 bits per heavy atom. The van der Waals surface area contributed by atoms with Crippen LogP contribution in [0, 0.1) is 0 Å². The van der Waals surface area contributed by atoms with Crippen molar-refractivity contribution in [2.24, 2.45) is 5.73 Å². The van der Waals surface area contributed by atoms with Gasteiger partial charge in [-0.2, -0.15) is 0 Å². The average molecular weight is 241 g/mol. The molecule has 2 rings (SSSR count). The summed E-state index contributed by atoms with van der Waals surface area (Å²) in [6.45, 7) is 1.10. The molecule has 5 atom stereocenters. The van der Waals surface area contributed by atoms with Crippen molar-refractivity contribution in [1.82, 2.24) is 10.2 Å². The molecule has 2 fully saturated rings. The molecule has 96 valence electrons. The Morgan fingerprint density at radius 1 is 1.65 bits per heavy atom. The summed E-state index contributed by atoms with van der Waals surface area (Å²) >= 11 is 0. The summed E-state index contributed by atoms with van der Waals surface area (Å²) in [4.78, 5) is 2.07. The van der Waals surface area contributed by atoms with Crippen LogP contribution in [-0.4, -0.2) is 77.2 Å². The first kappa shape index (κ1) is 13.3. The molecular formula is C10H20BN3O3. The quantitative estimate of drug-likeness (QED) is 0.431. The molecule has 0 aliphatic carbocycles. The molecule has 0 saturated carbocycles. The second-order valence-electron chi connectivity index (χ2n) is 4.63. The second kappa shape index (κ2) is 4.83. The van der Waals surface area contributed by atoms with E-state index in [0.717, 1.165) is 0 Å². The van der Waals surface area contributed by atoms with Gasteiger partial charge in [-0.25, -0.2) is 0 Å². The van der Waals surface area contributed by atoms with Crippen molar-refractivity contribution in [3.05, 3.63) is 0 Å². The Balaban J connectivity index is 2.23. The van der Waals surface area contributed by atoms with Crippen molar-refractivity contribution in [2.45, 2.75) is 30.0 Å². The molecule has 0 aromatic heterocycles. The van der Waals surface area contributed by atoms with Crippen LogP contribution >= 0.6 is 0 Å². The summed E-state index contributed by atoms with van der Waals surface area (Å²) < 4.78 is 16.6. The van der Waals surface area contributed by atoms with Gasteiger partial charge in [-0.3, -0.25) is 10.2 Å². The molecule has 17 heavy (non-hydrogen) atoms. The third kappa shape index (κ3) is 1.91. The van der Waals surface area contributed by atoms with E-state index in [9.17, 15) is 0 Å². The first-order valence-corrected chi connectivity index (χ1v) is 5.73. The zero-order valence-electron chi connectivity index (χ0n) is 10.6. The van der Waals surface area contributed by atoms with Gasteiger partial charge < -0.3 is 19.9 Å². The van der Waals surface area contributed by atoms with Crippen LogP contribution in [0.15, 0.2) is 0 Å². The van der Waals surface area contributed by atoms with Gasteiger partial charge in [-0.1, -0.05) is 0 Å². The van der Waals surface area contributed by atoms with Gasteiger partial charge in [0, 0.05) is 26.8 Å². The SMILES string of the molecule is [B][C@@H]1O[C@]2(COC)CN(C(N)NC)C1C2OC. The maximum Gasteiger partial charge on any atom is 0.131 e. The smallest absolute Gasteiger partial charge is 0.131 e. The maximum atomic E-state index is 6.01. The molecule has 2 bridgehead atoms. The standard InChI is InChI=1S/C10H20BN3O3/c1-13-9(12)14-4-10(5-15-2)7(16-3)6(14)8(11)17-10/h6-9,13H,4-5,12H2,1-3H3/t6?,7?,8-,9?,10+/m1/s1. The van der Waals surface area contributed by atoms with Crippen LogP contribution in [0.1, 0.15) is 0 Å². The lowest BCUT2D eigenvalue weighted by Crippen LogP contribution is -2.59. The highest BCUT2D eigenvalue weighted by molar-refractivity contribution is 6.12. The Labute approximate surface area is 103 Å². The Bertz CT molecular complexity index is 284. The molecule has 2 saturated heterocycles. The fourth-order valence-corrected chi connectivity index (χ4v) is 3.01. The number of hydrogen-bond donors (Lipinski definition) is 2. The average Bonchev–Trinajstić information content (AvgIpc) is 2.76. The molecule has 0 amide bonds. The molecule has 7 heteroatoms. The molecule has 2 heterocycles. The zero-order chi connectivity index (χ0) is 12.6. The Hall–Kier alpha value is -0.175. The normalized spacial score (nSPS) is 43.2. The number of morpholine rings is 1. The van der Waals surface area contributed by atoms with Gasteiger partial charge in [0.2, 0.25) is 0 Å². The number of nitrogens with zero attached hydrogens (tertiary/aromatic N) is 1. The van der Waals surface area contributed by atoms with Crippen molar-refractivity contribution in [2.75, 3.05) is 34.4 Å².